The van der Waals surface area contributed by atoms with Crippen LogP contribution in [0.1, 0.15) is 16.1 Å². The lowest BCUT2D eigenvalue weighted by atomic mass is 10.2. The fraction of sp³-hybridized carbons (Fsp3) is 0.154. The number of nitrogens with zero attached hydrogens (tertiary/aromatic N) is 2. The molecule has 0 fully saturated rings. The molecule has 0 saturated carbocycles. The van der Waals surface area contributed by atoms with Gasteiger partial charge in [-0.15, -0.1) is 0 Å². The van der Waals surface area contributed by atoms with Crippen molar-refractivity contribution in [2.45, 2.75) is 11.1 Å². The Kier molecular flexibility index (Phi) is 5.17. The van der Waals surface area contributed by atoms with Gasteiger partial charge in [0.25, 0.3) is 5.91 Å². The predicted octanol–water partition coefficient (Wildman–Crippen LogP) is 4.08. The zero-order valence-electron chi connectivity index (χ0n) is 10.5. The summed E-state index contributed by atoms with van der Waals surface area (Å²) in [4.78, 5) is 16.3. The summed E-state index contributed by atoms with van der Waals surface area (Å²) in [5.74, 6) is 0.187. The molecule has 0 atom stereocenters. The third-order valence-electron chi connectivity index (χ3n) is 2.35. The van der Waals surface area contributed by atoms with Crippen LogP contribution in [0.2, 0.25) is 0 Å². The fourth-order valence-corrected chi connectivity index (χ4v) is 3.50. The van der Waals surface area contributed by atoms with Crippen LogP contribution in [-0.2, 0) is 0 Å². The van der Waals surface area contributed by atoms with Crippen molar-refractivity contribution >= 4 is 50.1 Å². The molecule has 0 unspecified atom stereocenters. The van der Waals surface area contributed by atoms with Crippen LogP contribution >= 0.6 is 39.0 Å². The molecule has 20 heavy (non-hydrogen) atoms. The van der Waals surface area contributed by atoms with Gasteiger partial charge in [0.15, 0.2) is 5.13 Å². The SMILES string of the molecule is Cc1nc(NC(=O)c2ccc(Br)cc2)sc1SCC#N. The molecule has 2 aromatic rings. The first kappa shape index (κ1) is 15.0. The molecule has 0 bridgehead atoms. The number of rotatable bonds is 4. The van der Waals surface area contributed by atoms with Crippen LogP contribution in [0.5, 0.6) is 0 Å². The van der Waals surface area contributed by atoms with Crippen molar-refractivity contribution in [1.29, 1.82) is 5.26 Å². The number of nitrogens with one attached hydrogen (secondary N) is 1. The summed E-state index contributed by atoms with van der Waals surface area (Å²) in [6.07, 6.45) is 0. The molecule has 1 aromatic carbocycles. The number of benzene rings is 1. The molecule has 0 spiro atoms. The van der Waals surface area contributed by atoms with Gasteiger partial charge in [0.05, 0.1) is 21.7 Å². The van der Waals surface area contributed by atoms with Crippen molar-refractivity contribution in [1.82, 2.24) is 4.98 Å². The molecule has 1 amide bonds. The number of nitriles is 1. The van der Waals surface area contributed by atoms with Gasteiger partial charge in [-0.25, -0.2) is 4.98 Å². The molecule has 4 nitrogen and oxygen atoms in total. The highest BCUT2D eigenvalue weighted by Gasteiger charge is 2.12. The number of aromatic nitrogens is 1. The average Bonchev–Trinajstić information content (AvgIpc) is 2.77. The Hall–Kier alpha value is -1.36. The second-order valence-corrected chi connectivity index (χ2v) is 6.96. The molecular weight excluding hydrogens is 358 g/mol. The van der Waals surface area contributed by atoms with E-state index in [0.717, 1.165) is 14.4 Å². The molecule has 0 aliphatic rings. The van der Waals surface area contributed by atoms with Crippen LogP contribution in [0.3, 0.4) is 0 Å². The Morgan fingerprint density at radius 1 is 1.50 bits per heavy atom. The molecular formula is C13H10BrN3OS2. The third-order valence-corrected chi connectivity index (χ3v) is 5.18. The summed E-state index contributed by atoms with van der Waals surface area (Å²) in [6.45, 7) is 1.87. The first-order valence-electron chi connectivity index (χ1n) is 5.64. The zero-order valence-corrected chi connectivity index (χ0v) is 13.7. The molecule has 0 aliphatic carbocycles. The minimum atomic E-state index is -0.192. The molecule has 7 heteroatoms. The van der Waals surface area contributed by atoms with E-state index in [4.69, 9.17) is 5.26 Å². The van der Waals surface area contributed by atoms with E-state index in [2.05, 4.69) is 32.3 Å². The van der Waals surface area contributed by atoms with Crippen LogP contribution in [0.25, 0.3) is 0 Å². The Bertz CT molecular complexity index is 661. The Morgan fingerprint density at radius 2 is 2.20 bits per heavy atom. The lowest BCUT2D eigenvalue weighted by Crippen LogP contribution is -2.11. The number of aryl methyl sites for hydroxylation is 1. The highest BCUT2D eigenvalue weighted by atomic mass is 79.9. The molecule has 102 valence electrons. The molecule has 2 rings (SSSR count). The van der Waals surface area contributed by atoms with Crippen LogP contribution in [0.15, 0.2) is 32.9 Å². The van der Waals surface area contributed by atoms with E-state index in [-0.39, 0.29) is 5.91 Å². The van der Waals surface area contributed by atoms with Crippen molar-refractivity contribution in [3.05, 3.63) is 40.0 Å². The normalized spacial score (nSPS) is 10.1. The highest BCUT2D eigenvalue weighted by molar-refractivity contribution is 9.10. The monoisotopic (exact) mass is 367 g/mol. The van der Waals surface area contributed by atoms with Gasteiger partial charge in [-0.05, 0) is 31.2 Å². The Balaban J connectivity index is 2.08. The van der Waals surface area contributed by atoms with Crippen LogP contribution < -0.4 is 5.32 Å². The van der Waals surface area contributed by atoms with Crippen molar-refractivity contribution in [2.75, 3.05) is 11.1 Å². The first-order valence-corrected chi connectivity index (χ1v) is 8.23. The van der Waals surface area contributed by atoms with Gasteiger partial charge in [0, 0.05) is 10.0 Å². The number of hydrogen-bond donors (Lipinski definition) is 1. The van der Waals surface area contributed by atoms with Crippen molar-refractivity contribution in [3.63, 3.8) is 0 Å². The number of thioether (sulfide) groups is 1. The van der Waals surface area contributed by atoms with Gasteiger partial charge in [0.1, 0.15) is 0 Å². The smallest absolute Gasteiger partial charge is 0.257 e. The highest BCUT2D eigenvalue weighted by Crippen LogP contribution is 2.31. The maximum atomic E-state index is 12.0. The largest absolute Gasteiger partial charge is 0.298 e. The van der Waals surface area contributed by atoms with Crippen LogP contribution in [-0.4, -0.2) is 16.6 Å². The Morgan fingerprint density at radius 3 is 2.85 bits per heavy atom. The van der Waals surface area contributed by atoms with Crippen LogP contribution in [0, 0.1) is 18.3 Å². The minimum absolute atomic E-state index is 0.192. The van der Waals surface area contributed by atoms with Gasteiger partial charge in [0.2, 0.25) is 0 Å². The molecule has 1 heterocycles. The quantitative estimate of drug-likeness (QED) is 0.826. The minimum Gasteiger partial charge on any atom is -0.298 e. The molecule has 1 aromatic heterocycles. The zero-order chi connectivity index (χ0) is 14.5. The molecule has 1 N–H and O–H groups in total. The Labute approximate surface area is 133 Å². The maximum absolute atomic E-state index is 12.0. The standard InChI is InChI=1S/C13H10BrN3OS2/c1-8-12(19-7-6-15)20-13(16-8)17-11(18)9-2-4-10(14)5-3-9/h2-5H,7H2,1H3,(H,16,17,18). The fourth-order valence-electron chi connectivity index (χ4n) is 1.44. The molecule has 0 saturated heterocycles. The number of carbonyl (C=O) groups excluding carboxylic acids is 1. The van der Waals surface area contributed by atoms with Gasteiger partial charge >= 0.3 is 0 Å². The number of amides is 1. The topological polar surface area (TPSA) is 65.8 Å². The number of carbonyl (C=O) groups is 1. The van der Waals surface area contributed by atoms with E-state index in [1.165, 1.54) is 23.1 Å². The lowest BCUT2D eigenvalue weighted by Gasteiger charge is -2.01. The van der Waals surface area contributed by atoms with E-state index in [9.17, 15) is 4.79 Å². The van der Waals surface area contributed by atoms with Gasteiger partial charge in [-0.1, -0.05) is 39.0 Å². The van der Waals surface area contributed by atoms with E-state index < -0.39 is 0 Å². The van der Waals surface area contributed by atoms with Crippen molar-refractivity contribution in [2.24, 2.45) is 0 Å². The summed E-state index contributed by atoms with van der Waals surface area (Å²) in [7, 11) is 0. The second kappa shape index (κ2) is 6.88. The third kappa shape index (κ3) is 3.82. The maximum Gasteiger partial charge on any atom is 0.257 e. The lowest BCUT2D eigenvalue weighted by molar-refractivity contribution is 0.102. The van der Waals surface area contributed by atoms with Gasteiger partial charge < -0.3 is 0 Å². The number of halogens is 1. The number of anilines is 1. The van der Waals surface area contributed by atoms with E-state index in [0.29, 0.717) is 16.4 Å². The number of thiazole rings is 1. The van der Waals surface area contributed by atoms with E-state index in [1.54, 1.807) is 12.1 Å². The van der Waals surface area contributed by atoms with Crippen molar-refractivity contribution in [3.8, 4) is 6.07 Å². The molecule has 0 aliphatic heterocycles. The van der Waals surface area contributed by atoms with Gasteiger partial charge in [-0.3, -0.25) is 10.1 Å². The van der Waals surface area contributed by atoms with Crippen LogP contribution in [0.4, 0.5) is 5.13 Å². The summed E-state index contributed by atoms with van der Waals surface area (Å²) >= 11 is 6.14. The second-order valence-electron chi connectivity index (χ2n) is 3.80. The average molecular weight is 368 g/mol. The summed E-state index contributed by atoms with van der Waals surface area (Å²) in [6, 6.07) is 9.19. The van der Waals surface area contributed by atoms with E-state index >= 15 is 0 Å². The van der Waals surface area contributed by atoms with Gasteiger partial charge in [-0.2, -0.15) is 5.26 Å². The number of hydrogen-bond acceptors (Lipinski definition) is 5. The summed E-state index contributed by atoms with van der Waals surface area (Å²) in [5, 5.41) is 11.9. The van der Waals surface area contributed by atoms with E-state index in [1.807, 2.05) is 19.1 Å². The first-order chi connectivity index (χ1) is 9.60. The summed E-state index contributed by atoms with van der Waals surface area (Å²) in [5.41, 5.74) is 1.41. The summed E-state index contributed by atoms with van der Waals surface area (Å²) < 4.78 is 1.88. The molecule has 0 radical (unpaired) electrons. The van der Waals surface area contributed by atoms with Crippen molar-refractivity contribution < 1.29 is 4.79 Å². The predicted molar refractivity (Wildman–Crippen MR) is 85.3 cm³/mol.